The van der Waals surface area contributed by atoms with Gasteiger partial charge in [-0.3, -0.25) is 4.90 Å². The highest BCUT2D eigenvalue weighted by atomic mass is 35.5. The van der Waals surface area contributed by atoms with Crippen molar-refractivity contribution in [1.82, 2.24) is 4.90 Å². The van der Waals surface area contributed by atoms with Crippen LogP contribution in [0.2, 0.25) is 5.02 Å². The lowest BCUT2D eigenvalue weighted by atomic mass is 9.90. The first kappa shape index (κ1) is 14.6. The van der Waals surface area contributed by atoms with Gasteiger partial charge in [0.2, 0.25) is 0 Å². The number of hydrogen-bond donors (Lipinski definition) is 0. The van der Waals surface area contributed by atoms with E-state index in [-0.39, 0.29) is 0 Å². The van der Waals surface area contributed by atoms with E-state index >= 15 is 0 Å². The van der Waals surface area contributed by atoms with Gasteiger partial charge < -0.3 is 0 Å². The van der Waals surface area contributed by atoms with Crippen LogP contribution in [0.15, 0.2) is 48.5 Å². The molecule has 1 aliphatic rings. The van der Waals surface area contributed by atoms with Crippen molar-refractivity contribution in [1.29, 1.82) is 0 Å². The number of aryl methyl sites for hydroxylation is 1. The molecule has 1 heterocycles. The number of rotatable bonds is 3. The van der Waals surface area contributed by atoms with Gasteiger partial charge in [-0.2, -0.15) is 0 Å². The SMILES string of the molecule is Cc1ccc([C@H]2CN(Cc3ccccc3)C[C@@H]2C)cc1Cl. The molecule has 1 saturated heterocycles. The van der Waals surface area contributed by atoms with E-state index in [0.717, 1.165) is 30.2 Å². The van der Waals surface area contributed by atoms with Crippen LogP contribution in [0.1, 0.15) is 29.5 Å². The minimum absolute atomic E-state index is 0.590. The molecule has 3 rings (SSSR count). The van der Waals surface area contributed by atoms with E-state index in [4.69, 9.17) is 11.6 Å². The molecule has 2 atom stereocenters. The van der Waals surface area contributed by atoms with E-state index < -0.39 is 0 Å². The summed E-state index contributed by atoms with van der Waals surface area (Å²) in [5.74, 6) is 1.26. The zero-order valence-corrected chi connectivity index (χ0v) is 13.5. The molecule has 0 saturated carbocycles. The van der Waals surface area contributed by atoms with Crippen LogP contribution >= 0.6 is 11.6 Å². The van der Waals surface area contributed by atoms with Crippen molar-refractivity contribution in [3.05, 3.63) is 70.2 Å². The van der Waals surface area contributed by atoms with Gasteiger partial charge in [0.25, 0.3) is 0 Å². The Morgan fingerprint density at radius 1 is 1.10 bits per heavy atom. The zero-order valence-electron chi connectivity index (χ0n) is 12.7. The first-order valence-corrected chi connectivity index (χ1v) is 8.03. The standard InChI is InChI=1S/C19H22ClN/c1-14-8-9-17(10-19(14)20)18-13-21(11-15(18)2)12-16-6-4-3-5-7-16/h3-10,15,18H,11-13H2,1-2H3/t15-,18-/m0/s1. The van der Waals surface area contributed by atoms with E-state index in [1.807, 2.05) is 0 Å². The smallest absolute Gasteiger partial charge is 0.0438 e. The molecular weight excluding hydrogens is 278 g/mol. The first-order chi connectivity index (χ1) is 10.1. The second-order valence-corrected chi connectivity index (χ2v) is 6.68. The third kappa shape index (κ3) is 3.30. The fraction of sp³-hybridized carbons (Fsp3) is 0.368. The molecule has 110 valence electrons. The molecule has 1 aliphatic heterocycles. The molecule has 0 spiro atoms. The Kier molecular flexibility index (Phi) is 4.32. The highest BCUT2D eigenvalue weighted by Crippen LogP contribution is 2.34. The van der Waals surface area contributed by atoms with Crippen molar-refractivity contribution >= 4 is 11.6 Å². The minimum atomic E-state index is 0.590. The Hall–Kier alpha value is -1.31. The van der Waals surface area contributed by atoms with Gasteiger partial charge >= 0.3 is 0 Å². The summed E-state index contributed by atoms with van der Waals surface area (Å²) in [6.07, 6.45) is 0. The maximum Gasteiger partial charge on any atom is 0.0438 e. The number of halogens is 1. The molecule has 0 radical (unpaired) electrons. The number of hydrogen-bond acceptors (Lipinski definition) is 1. The van der Waals surface area contributed by atoms with Crippen LogP contribution in [0.5, 0.6) is 0 Å². The highest BCUT2D eigenvalue weighted by Gasteiger charge is 2.30. The van der Waals surface area contributed by atoms with E-state index in [1.54, 1.807) is 0 Å². The third-order valence-corrected chi connectivity index (χ3v) is 4.97. The van der Waals surface area contributed by atoms with Gasteiger partial charge in [-0.15, -0.1) is 0 Å². The topological polar surface area (TPSA) is 3.24 Å². The first-order valence-electron chi connectivity index (χ1n) is 7.66. The molecule has 0 aromatic heterocycles. The largest absolute Gasteiger partial charge is 0.298 e. The summed E-state index contributed by atoms with van der Waals surface area (Å²) in [7, 11) is 0. The Balaban J connectivity index is 1.72. The van der Waals surface area contributed by atoms with Crippen molar-refractivity contribution in [2.45, 2.75) is 26.3 Å². The van der Waals surface area contributed by atoms with Crippen molar-refractivity contribution in [3.63, 3.8) is 0 Å². The summed E-state index contributed by atoms with van der Waals surface area (Å²) in [6, 6.07) is 17.3. The van der Waals surface area contributed by atoms with Crippen LogP contribution in [0.3, 0.4) is 0 Å². The molecule has 0 aliphatic carbocycles. The summed E-state index contributed by atoms with van der Waals surface area (Å²) in [4.78, 5) is 2.55. The van der Waals surface area contributed by atoms with Crippen LogP contribution in [0, 0.1) is 12.8 Å². The molecule has 1 fully saturated rings. The van der Waals surface area contributed by atoms with E-state index in [1.165, 1.54) is 11.1 Å². The van der Waals surface area contributed by atoms with E-state index in [0.29, 0.717) is 11.8 Å². The van der Waals surface area contributed by atoms with Crippen molar-refractivity contribution in [3.8, 4) is 0 Å². The van der Waals surface area contributed by atoms with Gasteiger partial charge in [-0.1, -0.05) is 61.0 Å². The van der Waals surface area contributed by atoms with E-state index in [9.17, 15) is 0 Å². The van der Waals surface area contributed by atoms with Gasteiger partial charge in [0.1, 0.15) is 0 Å². The molecule has 0 unspecified atom stereocenters. The number of benzene rings is 2. The summed E-state index contributed by atoms with van der Waals surface area (Å²) >= 11 is 6.29. The second kappa shape index (κ2) is 6.21. The summed E-state index contributed by atoms with van der Waals surface area (Å²) in [5.41, 5.74) is 3.94. The molecule has 0 N–H and O–H groups in total. The summed E-state index contributed by atoms with van der Waals surface area (Å²) < 4.78 is 0. The maximum atomic E-state index is 6.29. The van der Waals surface area contributed by atoms with Gasteiger partial charge in [0, 0.05) is 30.6 Å². The number of nitrogens with zero attached hydrogens (tertiary/aromatic N) is 1. The normalized spacial score (nSPS) is 22.6. The third-order valence-electron chi connectivity index (χ3n) is 4.56. The van der Waals surface area contributed by atoms with Gasteiger partial charge in [0.15, 0.2) is 0 Å². The van der Waals surface area contributed by atoms with E-state index in [2.05, 4.69) is 67.3 Å². The van der Waals surface area contributed by atoms with Crippen LogP contribution in [0.25, 0.3) is 0 Å². The molecule has 0 bridgehead atoms. The fourth-order valence-electron chi connectivity index (χ4n) is 3.31. The van der Waals surface area contributed by atoms with Gasteiger partial charge in [0.05, 0.1) is 0 Å². The molecule has 2 aromatic rings. The highest BCUT2D eigenvalue weighted by molar-refractivity contribution is 6.31. The van der Waals surface area contributed by atoms with Gasteiger partial charge in [-0.05, 0) is 35.6 Å². The Bertz CT molecular complexity index is 608. The Labute approximate surface area is 132 Å². The van der Waals surface area contributed by atoms with Crippen molar-refractivity contribution in [2.24, 2.45) is 5.92 Å². The lowest BCUT2D eigenvalue weighted by Gasteiger charge is -2.17. The van der Waals surface area contributed by atoms with Crippen molar-refractivity contribution < 1.29 is 0 Å². The minimum Gasteiger partial charge on any atom is -0.298 e. The number of likely N-dealkylation sites (tertiary alicyclic amines) is 1. The average Bonchev–Trinajstić information content (AvgIpc) is 2.84. The maximum absolute atomic E-state index is 6.29. The second-order valence-electron chi connectivity index (χ2n) is 6.27. The van der Waals surface area contributed by atoms with Crippen LogP contribution in [-0.4, -0.2) is 18.0 Å². The van der Waals surface area contributed by atoms with Gasteiger partial charge in [-0.25, -0.2) is 0 Å². The molecule has 2 aromatic carbocycles. The van der Waals surface area contributed by atoms with Crippen LogP contribution in [0.4, 0.5) is 0 Å². The zero-order chi connectivity index (χ0) is 14.8. The average molecular weight is 300 g/mol. The van der Waals surface area contributed by atoms with Crippen molar-refractivity contribution in [2.75, 3.05) is 13.1 Å². The van der Waals surface area contributed by atoms with Crippen LogP contribution < -0.4 is 0 Å². The molecule has 1 nitrogen and oxygen atoms in total. The Morgan fingerprint density at radius 2 is 1.86 bits per heavy atom. The molecule has 2 heteroatoms. The van der Waals surface area contributed by atoms with Crippen LogP contribution in [-0.2, 0) is 6.54 Å². The molecular formula is C19H22ClN. The monoisotopic (exact) mass is 299 g/mol. The lowest BCUT2D eigenvalue weighted by Crippen LogP contribution is -2.20. The summed E-state index contributed by atoms with van der Waals surface area (Å²) in [6.45, 7) is 7.73. The predicted molar refractivity (Wildman–Crippen MR) is 89.8 cm³/mol. The summed E-state index contributed by atoms with van der Waals surface area (Å²) in [5, 5.41) is 0.890. The fourth-order valence-corrected chi connectivity index (χ4v) is 3.50. The quantitative estimate of drug-likeness (QED) is 0.780. The Morgan fingerprint density at radius 3 is 2.57 bits per heavy atom. The lowest BCUT2D eigenvalue weighted by molar-refractivity contribution is 0.319. The molecule has 0 amide bonds. The predicted octanol–water partition coefficient (Wildman–Crippen LogP) is 4.88. The molecule has 21 heavy (non-hydrogen) atoms.